The Bertz CT molecular complexity index is 380. The molecule has 0 aromatic carbocycles. The summed E-state index contributed by atoms with van der Waals surface area (Å²) >= 11 is 0. The van der Waals surface area contributed by atoms with Gasteiger partial charge in [0, 0.05) is 0 Å². The summed E-state index contributed by atoms with van der Waals surface area (Å²) in [5, 5.41) is 11.9. The summed E-state index contributed by atoms with van der Waals surface area (Å²) in [6.07, 6.45) is 5.73. The molecule has 112 valence electrons. The number of carbonyl (C=O) groups is 2. The van der Waals surface area contributed by atoms with Crippen LogP contribution in [0.2, 0.25) is 0 Å². The second-order valence-corrected chi connectivity index (χ2v) is 4.63. The van der Waals surface area contributed by atoms with Crippen LogP contribution in [-0.2, 0) is 14.3 Å². The largest absolute Gasteiger partial charge is 0.467 e. The van der Waals surface area contributed by atoms with Crippen molar-refractivity contribution < 1.29 is 24.2 Å². The number of aliphatic hydroxyl groups excluding tert-OH is 1. The van der Waals surface area contributed by atoms with Gasteiger partial charge in [0.05, 0.1) is 13.2 Å². The van der Waals surface area contributed by atoms with Crippen molar-refractivity contribution >= 4 is 12.1 Å². The maximum Gasteiger partial charge on any atom is 0.408 e. The molecule has 0 bridgehead atoms. The minimum atomic E-state index is -0.762. The fourth-order valence-electron chi connectivity index (χ4n) is 2.04. The third-order valence-electron chi connectivity index (χ3n) is 3.09. The Labute approximate surface area is 118 Å². The molecule has 1 aliphatic carbocycles. The van der Waals surface area contributed by atoms with Crippen molar-refractivity contribution in [3.05, 3.63) is 24.8 Å². The van der Waals surface area contributed by atoms with Crippen LogP contribution in [0, 0.1) is 5.92 Å². The molecule has 0 spiro atoms. The number of methoxy groups -OCH3 is 1. The Morgan fingerprint density at radius 1 is 1.50 bits per heavy atom. The first-order chi connectivity index (χ1) is 9.56. The van der Waals surface area contributed by atoms with Crippen LogP contribution in [0.1, 0.15) is 19.3 Å². The quantitative estimate of drug-likeness (QED) is 0.564. The first kappa shape index (κ1) is 16.2. The third kappa shape index (κ3) is 5.44. The van der Waals surface area contributed by atoms with E-state index in [2.05, 4.69) is 16.6 Å². The number of ether oxygens (including phenoxy) is 2. The number of aliphatic hydroxyl groups is 1. The van der Waals surface area contributed by atoms with E-state index < -0.39 is 24.2 Å². The van der Waals surface area contributed by atoms with Crippen molar-refractivity contribution in [2.75, 3.05) is 13.7 Å². The highest BCUT2D eigenvalue weighted by Gasteiger charge is 2.26. The van der Waals surface area contributed by atoms with Gasteiger partial charge in [0.15, 0.2) is 0 Å². The van der Waals surface area contributed by atoms with E-state index in [4.69, 9.17) is 4.74 Å². The molecule has 3 atom stereocenters. The van der Waals surface area contributed by atoms with E-state index in [1.54, 1.807) is 6.08 Å². The van der Waals surface area contributed by atoms with Crippen LogP contribution >= 0.6 is 0 Å². The van der Waals surface area contributed by atoms with Crippen LogP contribution < -0.4 is 5.32 Å². The zero-order valence-electron chi connectivity index (χ0n) is 11.6. The molecular weight excluding hydrogens is 262 g/mol. The maximum atomic E-state index is 11.7. The maximum absolute atomic E-state index is 11.7. The zero-order valence-corrected chi connectivity index (χ0v) is 11.6. The van der Waals surface area contributed by atoms with Crippen LogP contribution in [0.5, 0.6) is 0 Å². The van der Waals surface area contributed by atoms with Gasteiger partial charge in [-0.15, -0.1) is 0 Å². The lowest BCUT2D eigenvalue weighted by Crippen LogP contribution is -2.43. The van der Waals surface area contributed by atoms with E-state index in [9.17, 15) is 14.7 Å². The number of esters is 1. The molecule has 6 nitrogen and oxygen atoms in total. The number of rotatable bonds is 6. The van der Waals surface area contributed by atoms with E-state index in [0.29, 0.717) is 12.8 Å². The van der Waals surface area contributed by atoms with Gasteiger partial charge in [-0.1, -0.05) is 24.8 Å². The average Bonchev–Trinajstić information content (AvgIpc) is 2.45. The number of hydrogen-bond acceptors (Lipinski definition) is 5. The summed E-state index contributed by atoms with van der Waals surface area (Å²) in [4.78, 5) is 23.2. The smallest absolute Gasteiger partial charge is 0.408 e. The van der Waals surface area contributed by atoms with E-state index >= 15 is 0 Å². The van der Waals surface area contributed by atoms with Crippen molar-refractivity contribution in [1.29, 1.82) is 0 Å². The predicted molar refractivity (Wildman–Crippen MR) is 73.0 cm³/mol. The van der Waals surface area contributed by atoms with Crippen LogP contribution in [0.4, 0.5) is 4.79 Å². The Balaban J connectivity index is 2.56. The van der Waals surface area contributed by atoms with Crippen molar-refractivity contribution in [3.63, 3.8) is 0 Å². The molecular formula is C14H21NO5. The molecule has 1 unspecified atom stereocenters. The summed E-state index contributed by atoms with van der Waals surface area (Å²) in [5.74, 6) is -0.401. The summed E-state index contributed by atoms with van der Waals surface area (Å²) in [6, 6.07) is -0.762. The summed E-state index contributed by atoms with van der Waals surface area (Å²) < 4.78 is 9.47. The van der Waals surface area contributed by atoms with Crippen LogP contribution in [0.25, 0.3) is 0 Å². The van der Waals surface area contributed by atoms with Gasteiger partial charge in [0.25, 0.3) is 0 Å². The van der Waals surface area contributed by atoms with Crippen molar-refractivity contribution in [3.8, 4) is 0 Å². The van der Waals surface area contributed by atoms with Gasteiger partial charge in [0.2, 0.25) is 0 Å². The Hall–Kier alpha value is -1.82. The molecule has 1 amide bonds. The number of allylic oxidation sites excluding steroid dienone is 1. The Kier molecular flexibility index (Phi) is 6.79. The topological polar surface area (TPSA) is 84.9 Å². The summed E-state index contributed by atoms with van der Waals surface area (Å²) in [6.45, 7) is 3.51. The molecule has 1 aliphatic rings. The number of alkyl carbamates (subject to hydrolysis) is 1. The SMILES string of the molecule is C=CCOC(=O)N[C@@H](C[C@H]1C=CC(O)CC1)C(=O)OC. The van der Waals surface area contributed by atoms with Gasteiger partial charge in [-0.3, -0.25) is 0 Å². The molecule has 0 fully saturated rings. The molecule has 0 aliphatic heterocycles. The predicted octanol–water partition coefficient (Wildman–Crippen LogP) is 1.16. The molecule has 20 heavy (non-hydrogen) atoms. The van der Waals surface area contributed by atoms with Gasteiger partial charge < -0.3 is 19.9 Å². The van der Waals surface area contributed by atoms with Gasteiger partial charge in [-0.2, -0.15) is 0 Å². The van der Waals surface area contributed by atoms with E-state index in [1.807, 2.05) is 6.08 Å². The zero-order chi connectivity index (χ0) is 15.0. The van der Waals surface area contributed by atoms with Crippen molar-refractivity contribution in [1.82, 2.24) is 5.32 Å². The van der Waals surface area contributed by atoms with Gasteiger partial charge in [0.1, 0.15) is 12.6 Å². The Morgan fingerprint density at radius 3 is 2.80 bits per heavy atom. The lowest BCUT2D eigenvalue weighted by atomic mass is 9.89. The van der Waals surface area contributed by atoms with Gasteiger partial charge >= 0.3 is 12.1 Å². The first-order valence-electron chi connectivity index (χ1n) is 6.55. The van der Waals surface area contributed by atoms with Crippen molar-refractivity contribution in [2.45, 2.75) is 31.4 Å². The summed E-state index contributed by atoms with van der Waals surface area (Å²) in [7, 11) is 1.27. The minimum absolute atomic E-state index is 0.0786. The second kappa shape index (κ2) is 8.37. The van der Waals surface area contributed by atoms with E-state index in [-0.39, 0.29) is 12.5 Å². The van der Waals surface area contributed by atoms with Gasteiger partial charge in [-0.25, -0.2) is 9.59 Å². The highest BCUT2D eigenvalue weighted by Crippen LogP contribution is 2.22. The first-order valence-corrected chi connectivity index (χ1v) is 6.55. The van der Waals surface area contributed by atoms with Crippen LogP contribution in [0.15, 0.2) is 24.8 Å². The number of hydrogen-bond donors (Lipinski definition) is 2. The monoisotopic (exact) mass is 283 g/mol. The lowest BCUT2D eigenvalue weighted by molar-refractivity contribution is -0.143. The van der Waals surface area contributed by atoms with E-state index in [0.717, 1.165) is 6.42 Å². The average molecular weight is 283 g/mol. The standard InChI is InChI=1S/C14H21NO5/c1-3-8-20-14(18)15-12(13(17)19-2)9-10-4-6-11(16)7-5-10/h3-4,6,10-12,16H,1,5,7-9H2,2H3,(H,15,18)/t10-,11?,12-/m0/s1. The molecule has 0 saturated carbocycles. The number of carbonyl (C=O) groups excluding carboxylic acids is 2. The second-order valence-electron chi connectivity index (χ2n) is 4.63. The molecule has 0 aromatic heterocycles. The molecule has 6 heteroatoms. The van der Waals surface area contributed by atoms with Crippen molar-refractivity contribution in [2.24, 2.45) is 5.92 Å². The lowest BCUT2D eigenvalue weighted by Gasteiger charge is -2.23. The Morgan fingerprint density at radius 2 is 2.25 bits per heavy atom. The summed E-state index contributed by atoms with van der Waals surface area (Å²) in [5.41, 5.74) is 0. The number of nitrogens with one attached hydrogen (secondary N) is 1. The van der Waals surface area contributed by atoms with E-state index in [1.165, 1.54) is 13.2 Å². The normalized spacial score (nSPS) is 22.7. The highest BCUT2D eigenvalue weighted by molar-refractivity contribution is 5.81. The molecule has 2 N–H and O–H groups in total. The fraction of sp³-hybridized carbons (Fsp3) is 0.571. The molecule has 0 radical (unpaired) electrons. The molecule has 0 aromatic rings. The minimum Gasteiger partial charge on any atom is -0.467 e. The molecule has 1 rings (SSSR count). The van der Waals surface area contributed by atoms with Gasteiger partial charge in [-0.05, 0) is 25.2 Å². The number of amides is 1. The fourth-order valence-corrected chi connectivity index (χ4v) is 2.04. The third-order valence-corrected chi connectivity index (χ3v) is 3.09. The molecule has 0 saturated heterocycles. The molecule has 0 heterocycles. The van der Waals surface area contributed by atoms with Crippen LogP contribution in [-0.4, -0.2) is 43.0 Å². The van der Waals surface area contributed by atoms with Crippen LogP contribution in [0.3, 0.4) is 0 Å². The highest BCUT2D eigenvalue weighted by atomic mass is 16.6.